The number of urea groups is 1. The summed E-state index contributed by atoms with van der Waals surface area (Å²) in [7, 11) is 0. The zero-order valence-electron chi connectivity index (χ0n) is 10.5. The lowest BCUT2D eigenvalue weighted by Crippen LogP contribution is -2.22. The molecule has 1 fully saturated rings. The highest BCUT2D eigenvalue weighted by Gasteiger charge is 2.30. The standard InChI is InChI=1S/C15H12N2O3/c18-12-6-4-9(5-7-12)10-2-1-3-11(8-10)13-14(19)17-15(20)16-13/h1-8,13,18H,(H2,16,17,19,20). The van der Waals surface area contributed by atoms with Crippen molar-refractivity contribution in [3.63, 3.8) is 0 Å². The molecule has 1 saturated heterocycles. The van der Waals surface area contributed by atoms with Gasteiger partial charge in [0.15, 0.2) is 0 Å². The summed E-state index contributed by atoms with van der Waals surface area (Å²) in [4.78, 5) is 22.8. The third-order valence-electron chi connectivity index (χ3n) is 3.19. The van der Waals surface area contributed by atoms with Gasteiger partial charge in [0, 0.05) is 0 Å². The van der Waals surface area contributed by atoms with Crippen molar-refractivity contribution in [1.82, 2.24) is 10.6 Å². The Labute approximate surface area is 115 Å². The number of rotatable bonds is 2. The van der Waals surface area contributed by atoms with Crippen molar-refractivity contribution in [3.8, 4) is 16.9 Å². The highest BCUT2D eigenvalue weighted by molar-refractivity contribution is 6.04. The first-order chi connectivity index (χ1) is 9.63. The van der Waals surface area contributed by atoms with Crippen LogP contribution in [0.1, 0.15) is 11.6 Å². The molecule has 1 aliphatic heterocycles. The number of hydrogen-bond donors (Lipinski definition) is 3. The molecule has 1 aliphatic rings. The van der Waals surface area contributed by atoms with Crippen LogP contribution in [0.25, 0.3) is 11.1 Å². The Morgan fingerprint density at radius 1 is 0.950 bits per heavy atom. The predicted molar refractivity (Wildman–Crippen MR) is 73.0 cm³/mol. The number of hydrogen-bond acceptors (Lipinski definition) is 3. The molecule has 5 heteroatoms. The fourth-order valence-electron chi connectivity index (χ4n) is 2.20. The molecule has 3 amide bonds. The summed E-state index contributed by atoms with van der Waals surface area (Å²) in [5.41, 5.74) is 2.56. The Balaban J connectivity index is 1.95. The molecule has 5 nitrogen and oxygen atoms in total. The Morgan fingerprint density at radius 2 is 1.70 bits per heavy atom. The van der Waals surface area contributed by atoms with E-state index in [4.69, 9.17) is 0 Å². The van der Waals surface area contributed by atoms with E-state index in [1.165, 1.54) is 0 Å². The van der Waals surface area contributed by atoms with Crippen molar-refractivity contribution in [2.45, 2.75) is 6.04 Å². The van der Waals surface area contributed by atoms with Crippen LogP contribution in [-0.2, 0) is 4.79 Å². The van der Waals surface area contributed by atoms with E-state index in [0.717, 1.165) is 16.7 Å². The second-order valence-corrected chi connectivity index (χ2v) is 4.57. The number of carbonyl (C=O) groups is 2. The topological polar surface area (TPSA) is 78.4 Å². The van der Waals surface area contributed by atoms with Gasteiger partial charge >= 0.3 is 6.03 Å². The molecular formula is C15H12N2O3. The van der Waals surface area contributed by atoms with Crippen LogP contribution in [-0.4, -0.2) is 17.0 Å². The van der Waals surface area contributed by atoms with Crippen molar-refractivity contribution < 1.29 is 14.7 Å². The maximum absolute atomic E-state index is 11.7. The smallest absolute Gasteiger partial charge is 0.322 e. The molecule has 100 valence electrons. The summed E-state index contributed by atoms with van der Waals surface area (Å²) in [6.45, 7) is 0. The average molecular weight is 268 g/mol. The molecule has 0 radical (unpaired) electrons. The Bertz CT molecular complexity index is 680. The van der Waals surface area contributed by atoms with Crippen molar-refractivity contribution in [3.05, 3.63) is 54.1 Å². The molecule has 20 heavy (non-hydrogen) atoms. The van der Waals surface area contributed by atoms with E-state index >= 15 is 0 Å². The molecule has 0 spiro atoms. The van der Waals surface area contributed by atoms with Crippen LogP contribution in [0.15, 0.2) is 48.5 Å². The highest BCUT2D eigenvalue weighted by Crippen LogP contribution is 2.25. The van der Waals surface area contributed by atoms with Crippen molar-refractivity contribution >= 4 is 11.9 Å². The third kappa shape index (κ3) is 2.21. The molecular weight excluding hydrogens is 256 g/mol. The molecule has 0 bridgehead atoms. The van der Waals surface area contributed by atoms with E-state index in [-0.39, 0.29) is 11.7 Å². The fourth-order valence-corrected chi connectivity index (χ4v) is 2.20. The van der Waals surface area contributed by atoms with E-state index < -0.39 is 12.1 Å². The van der Waals surface area contributed by atoms with Crippen molar-refractivity contribution in [2.75, 3.05) is 0 Å². The molecule has 3 rings (SSSR count). The molecule has 2 aromatic carbocycles. The molecule has 0 saturated carbocycles. The van der Waals surface area contributed by atoms with E-state index in [1.807, 2.05) is 18.2 Å². The number of benzene rings is 2. The van der Waals surface area contributed by atoms with Gasteiger partial charge in [-0.25, -0.2) is 4.79 Å². The van der Waals surface area contributed by atoms with E-state index in [9.17, 15) is 14.7 Å². The second kappa shape index (κ2) is 4.70. The van der Waals surface area contributed by atoms with Crippen molar-refractivity contribution in [2.24, 2.45) is 0 Å². The zero-order chi connectivity index (χ0) is 14.1. The summed E-state index contributed by atoms with van der Waals surface area (Å²) in [5, 5.41) is 14.1. The second-order valence-electron chi connectivity index (χ2n) is 4.57. The minimum atomic E-state index is -0.653. The number of amides is 3. The van der Waals surface area contributed by atoms with Gasteiger partial charge in [-0.1, -0.05) is 30.3 Å². The van der Waals surface area contributed by atoms with Crippen molar-refractivity contribution in [1.29, 1.82) is 0 Å². The van der Waals surface area contributed by atoms with Gasteiger partial charge in [-0.15, -0.1) is 0 Å². The lowest BCUT2D eigenvalue weighted by atomic mass is 9.99. The maximum Gasteiger partial charge on any atom is 0.322 e. The predicted octanol–water partition coefficient (Wildman–Crippen LogP) is 1.94. The maximum atomic E-state index is 11.7. The number of imide groups is 1. The number of carbonyl (C=O) groups excluding carboxylic acids is 2. The largest absolute Gasteiger partial charge is 0.508 e. The quantitative estimate of drug-likeness (QED) is 0.728. The molecule has 1 atom stereocenters. The highest BCUT2D eigenvalue weighted by atomic mass is 16.3. The SMILES string of the molecule is O=C1NC(=O)C(c2cccc(-c3ccc(O)cc3)c2)N1. The monoisotopic (exact) mass is 268 g/mol. The summed E-state index contributed by atoms with van der Waals surface area (Å²) >= 11 is 0. The molecule has 0 aromatic heterocycles. The molecule has 2 aromatic rings. The summed E-state index contributed by atoms with van der Waals surface area (Å²) in [6.07, 6.45) is 0. The minimum absolute atomic E-state index is 0.201. The van der Waals surface area contributed by atoms with Gasteiger partial charge in [-0.3, -0.25) is 10.1 Å². The Kier molecular flexibility index (Phi) is 2.87. The average Bonchev–Trinajstić information content (AvgIpc) is 2.79. The molecule has 1 unspecified atom stereocenters. The molecule has 3 N–H and O–H groups in total. The van der Waals surface area contributed by atoms with E-state index in [2.05, 4.69) is 10.6 Å². The van der Waals surface area contributed by atoms with Gasteiger partial charge in [0.1, 0.15) is 11.8 Å². The summed E-state index contributed by atoms with van der Waals surface area (Å²) < 4.78 is 0. The van der Waals surface area contributed by atoms with E-state index in [1.54, 1.807) is 30.3 Å². The van der Waals surface area contributed by atoms with Crippen LogP contribution in [0.3, 0.4) is 0 Å². The van der Waals surface area contributed by atoms with Crippen LogP contribution < -0.4 is 10.6 Å². The normalized spacial score (nSPS) is 17.7. The fraction of sp³-hybridized carbons (Fsp3) is 0.0667. The first kappa shape index (κ1) is 12.2. The first-order valence-corrected chi connectivity index (χ1v) is 6.14. The van der Waals surface area contributed by atoms with E-state index in [0.29, 0.717) is 0 Å². The van der Waals surface area contributed by atoms with Crippen LogP contribution in [0, 0.1) is 0 Å². The van der Waals surface area contributed by atoms with Gasteiger partial charge in [0.25, 0.3) is 5.91 Å². The Hall–Kier alpha value is -2.82. The summed E-state index contributed by atoms with van der Waals surface area (Å²) in [6, 6.07) is 13.0. The third-order valence-corrected chi connectivity index (χ3v) is 3.19. The number of phenolic OH excluding ortho intramolecular Hbond substituents is 1. The zero-order valence-corrected chi connectivity index (χ0v) is 10.5. The van der Waals surface area contributed by atoms with Gasteiger partial charge in [0.2, 0.25) is 0 Å². The lowest BCUT2D eigenvalue weighted by Gasteiger charge is -2.10. The minimum Gasteiger partial charge on any atom is -0.508 e. The van der Waals surface area contributed by atoms with Crippen LogP contribution in [0.2, 0.25) is 0 Å². The number of nitrogens with one attached hydrogen (secondary N) is 2. The number of phenols is 1. The van der Waals surface area contributed by atoms with Gasteiger partial charge in [-0.05, 0) is 34.9 Å². The lowest BCUT2D eigenvalue weighted by molar-refractivity contribution is -0.120. The summed E-state index contributed by atoms with van der Waals surface area (Å²) in [5.74, 6) is -0.148. The Morgan fingerprint density at radius 3 is 2.35 bits per heavy atom. The molecule has 1 heterocycles. The van der Waals surface area contributed by atoms with Crippen LogP contribution >= 0.6 is 0 Å². The van der Waals surface area contributed by atoms with Crippen LogP contribution in [0.5, 0.6) is 5.75 Å². The van der Waals surface area contributed by atoms with Gasteiger partial charge in [0.05, 0.1) is 0 Å². The molecule has 0 aliphatic carbocycles. The van der Waals surface area contributed by atoms with Gasteiger partial charge < -0.3 is 10.4 Å². The number of aromatic hydroxyl groups is 1. The first-order valence-electron chi connectivity index (χ1n) is 6.14. The van der Waals surface area contributed by atoms with Crippen LogP contribution in [0.4, 0.5) is 4.79 Å². The van der Waals surface area contributed by atoms with Gasteiger partial charge in [-0.2, -0.15) is 0 Å².